The molecular weight excluding hydrogens is 180 g/mol. The molecule has 0 saturated carbocycles. The van der Waals surface area contributed by atoms with Crippen LogP contribution in [0.2, 0.25) is 0 Å². The molecule has 4 N–H and O–H groups in total. The molecule has 0 radical (unpaired) electrons. The first-order valence-electron chi connectivity index (χ1n) is 3.57. The highest BCUT2D eigenvalue weighted by Gasteiger charge is 2.18. The molecule has 0 aromatic heterocycles. The first kappa shape index (κ1) is 14.4. The van der Waals surface area contributed by atoms with Crippen LogP contribution in [0.4, 0.5) is 0 Å². The van der Waals surface area contributed by atoms with Crippen molar-refractivity contribution in [1.82, 2.24) is 0 Å². The maximum absolute atomic E-state index is 9.76. The van der Waals surface area contributed by atoms with E-state index in [0.717, 1.165) is 6.92 Å². The Labute approximate surface area is 75.4 Å². The van der Waals surface area contributed by atoms with Gasteiger partial charge in [0.15, 0.2) is 5.92 Å². The van der Waals surface area contributed by atoms with Crippen LogP contribution in [0, 0.1) is 5.92 Å². The van der Waals surface area contributed by atoms with E-state index in [1.807, 2.05) is 0 Å². The average Bonchev–Trinajstić information content (AvgIpc) is 2.03. The van der Waals surface area contributed by atoms with Crippen molar-refractivity contribution in [3.63, 3.8) is 0 Å². The topological polar surface area (TPSA) is 115 Å². The monoisotopic (exact) mass is 194 g/mol. The molecule has 0 aliphatic rings. The standard InChI is InChI=1S/C4H6O4.C3H8O2/c1-2(3(5)6)4(7)8;1-3(5)2-4/h2H,1H3,(H,5,6)(H,7,8);3-5H,2H2,1H3. The summed E-state index contributed by atoms with van der Waals surface area (Å²) in [7, 11) is 0. The van der Waals surface area contributed by atoms with Gasteiger partial charge in [0, 0.05) is 0 Å². The van der Waals surface area contributed by atoms with Gasteiger partial charge in [-0.3, -0.25) is 9.59 Å². The lowest BCUT2D eigenvalue weighted by atomic mass is 10.2. The minimum atomic E-state index is -1.31. The fourth-order valence-electron chi connectivity index (χ4n) is 0.106. The molecule has 0 aliphatic heterocycles. The third-order valence-corrected chi connectivity index (χ3v) is 1.01. The molecular formula is C7H14O6. The van der Waals surface area contributed by atoms with Crippen molar-refractivity contribution in [2.45, 2.75) is 20.0 Å². The molecule has 1 unspecified atom stereocenters. The highest BCUT2D eigenvalue weighted by atomic mass is 16.4. The van der Waals surface area contributed by atoms with Crippen LogP contribution in [0.5, 0.6) is 0 Å². The summed E-state index contributed by atoms with van der Waals surface area (Å²) < 4.78 is 0. The largest absolute Gasteiger partial charge is 0.481 e. The normalized spacial score (nSPS) is 11.5. The van der Waals surface area contributed by atoms with Crippen molar-refractivity contribution >= 4 is 11.9 Å². The number of aliphatic hydroxyl groups excluding tert-OH is 2. The van der Waals surface area contributed by atoms with E-state index in [0.29, 0.717) is 0 Å². The third-order valence-electron chi connectivity index (χ3n) is 1.01. The summed E-state index contributed by atoms with van der Waals surface area (Å²) in [5.41, 5.74) is 0. The average molecular weight is 194 g/mol. The zero-order chi connectivity index (χ0) is 11.0. The van der Waals surface area contributed by atoms with E-state index in [1.54, 1.807) is 0 Å². The van der Waals surface area contributed by atoms with Crippen LogP contribution in [-0.4, -0.2) is 45.1 Å². The lowest BCUT2D eigenvalue weighted by Gasteiger charge is -1.94. The number of carboxylic acids is 2. The van der Waals surface area contributed by atoms with E-state index >= 15 is 0 Å². The van der Waals surface area contributed by atoms with Gasteiger partial charge in [0.05, 0.1) is 12.7 Å². The van der Waals surface area contributed by atoms with Gasteiger partial charge in [0.2, 0.25) is 0 Å². The Morgan fingerprint density at radius 3 is 1.38 bits per heavy atom. The van der Waals surface area contributed by atoms with Gasteiger partial charge in [-0.15, -0.1) is 0 Å². The highest BCUT2D eigenvalue weighted by molar-refractivity contribution is 5.92. The molecule has 0 amide bonds. The molecule has 0 rings (SSSR count). The molecule has 0 spiro atoms. The second-order valence-electron chi connectivity index (χ2n) is 2.43. The zero-order valence-electron chi connectivity index (χ0n) is 7.47. The Kier molecular flexibility index (Phi) is 8.31. The summed E-state index contributed by atoms with van der Waals surface area (Å²) in [6.07, 6.45) is -0.560. The smallest absolute Gasteiger partial charge is 0.317 e. The van der Waals surface area contributed by atoms with Crippen molar-refractivity contribution in [2.24, 2.45) is 5.92 Å². The Morgan fingerprint density at radius 1 is 1.15 bits per heavy atom. The van der Waals surface area contributed by atoms with Gasteiger partial charge in [-0.05, 0) is 13.8 Å². The number of aliphatic carboxylic acids is 2. The number of carbonyl (C=O) groups is 2. The predicted molar refractivity (Wildman–Crippen MR) is 43.2 cm³/mol. The molecule has 0 aliphatic carbocycles. The maximum Gasteiger partial charge on any atom is 0.317 e. The quantitative estimate of drug-likeness (QED) is 0.435. The van der Waals surface area contributed by atoms with Gasteiger partial charge in [0.25, 0.3) is 0 Å². The first-order valence-corrected chi connectivity index (χ1v) is 3.57. The molecule has 0 fully saturated rings. The molecule has 0 saturated heterocycles. The third kappa shape index (κ3) is 10.9. The van der Waals surface area contributed by atoms with Crippen molar-refractivity contribution in [3.05, 3.63) is 0 Å². The minimum absolute atomic E-state index is 0.139. The van der Waals surface area contributed by atoms with Crippen molar-refractivity contribution < 1.29 is 30.0 Å². The van der Waals surface area contributed by atoms with Gasteiger partial charge in [-0.1, -0.05) is 0 Å². The minimum Gasteiger partial charge on any atom is -0.481 e. The van der Waals surface area contributed by atoms with E-state index in [2.05, 4.69) is 0 Å². The summed E-state index contributed by atoms with van der Waals surface area (Å²) in [4.78, 5) is 19.5. The number of hydrogen-bond donors (Lipinski definition) is 4. The molecule has 1 atom stereocenters. The van der Waals surface area contributed by atoms with Crippen LogP contribution in [0.1, 0.15) is 13.8 Å². The van der Waals surface area contributed by atoms with Gasteiger partial charge in [-0.25, -0.2) is 0 Å². The van der Waals surface area contributed by atoms with Gasteiger partial charge in [-0.2, -0.15) is 0 Å². The van der Waals surface area contributed by atoms with Crippen LogP contribution in [0.15, 0.2) is 0 Å². The molecule has 6 heteroatoms. The van der Waals surface area contributed by atoms with Gasteiger partial charge in [0.1, 0.15) is 0 Å². The van der Waals surface area contributed by atoms with Crippen LogP contribution in [0.3, 0.4) is 0 Å². The summed E-state index contributed by atoms with van der Waals surface area (Å²) in [6.45, 7) is 2.50. The molecule has 0 aromatic carbocycles. The number of carboxylic acid groups (broad SMARTS) is 2. The zero-order valence-corrected chi connectivity index (χ0v) is 7.47. The van der Waals surface area contributed by atoms with E-state index < -0.39 is 24.0 Å². The van der Waals surface area contributed by atoms with E-state index in [-0.39, 0.29) is 6.61 Å². The van der Waals surface area contributed by atoms with Gasteiger partial charge < -0.3 is 20.4 Å². The maximum atomic E-state index is 9.76. The van der Waals surface area contributed by atoms with Crippen molar-refractivity contribution in [3.8, 4) is 0 Å². The van der Waals surface area contributed by atoms with E-state index in [1.165, 1.54) is 6.92 Å². The first-order chi connectivity index (χ1) is 5.82. The Balaban J connectivity index is 0. The Bertz CT molecular complexity index is 150. The Hall–Kier alpha value is -1.14. The van der Waals surface area contributed by atoms with Crippen molar-refractivity contribution in [1.29, 1.82) is 0 Å². The van der Waals surface area contributed by atoms with E-state index in [4.69, 9.17) is 20.4 Å². The molecule has 0 aromatic rings. The Morgan fingerprint density at radius 2 is 1.38 bits per heavy atom. The lowest BCUT2D eigenvalue weighted by Crippen LogP contribution is -2.19. The predicted octanol–water partition coefficient (Wildman–Crippen LogP) is -0.849. The van der Waals surface area contributed by atoms with Crippen LogP contribution in [-0.2, 0) is 9.59 Å². The van der Waals surface area contributed by atoms with Crippen LogP contribution < -0.4 is 0 Å². The highest BCUT2D eigenvalue weighted by Crippen LogP contribution is 1.91. The SMILES string of the molecule is CC(C(=O)O)C(=O)O.CC(O)CO. The molecule has 78 valence electrons. The molecule has 13 heavy (non-hydrogen) atoms. The summed E-state index contributed by atoms with van der Waals surface area (Å²) in [5, 5.41) is 31.9. The summed E-state index contributed by atoms with van der Waals surface area (Å²) in [5.74, 6) is -3.91. The fraction of sp³-hybridized carbons (Fsp3) is 0.714. The number of aliphatic hydroxyl groups is 2. The number of hydrogen-bond acceptors (Lipinski definition) is 4. The fourth-order valence-corrected chi connectivity index (χ4v) is 0.106. The lowest BCUT2D eigenvalue weighted by molar-refractivity contribution is -0.153. The molecule has 0 heterocycles. The number of rotatable bonds is 3. The second kappa shape index (κ2) is 7.51. The summed E-state index contributed by atoms with van der Waals surface area (Å²) >= 11 is 0. The molecule has 6 nitrogen and oxygen atoms in total. The second-order valence-corrected chi connectivity index (χ2v) is 2.43. The van der Waals surface area contributed by atoms with Crippen molar-refractivity contribution in [2.75, 3.05) is 6.61 Å². The summed E-state index contributed by atoms with van der Waals surface area (Å²) in [6, 6.07) is 0. The van der Waals surface area contributed by atoms with Gasteiger partial charge >= 0.3 is 11.9 Å². The molecule has 0 bridgehead atoms. The van der Waals surface area contributed by atoms with Crippen LogP contribution in [0.25, 0.3) is 0 Å². The van der Waals surface area contributed by atoms with Crippen LogP contribution >= 0.6 is 0 Å². The van der Waals surface area contributed by atoms with E-state index in [9.17, 15) is 9.59 Å².